The highest BCUT2D eigenvalue weighted by atomic mass is 35.5. The number of allylic oxidation sites excluding steroid dienone is 1. The Morgan fingerprint density at radius 3 is 2.56 bits per heavy atom. The number of nitriles is 1. The van der Waals surface area contributed by atoms with Crippen LogP contribution in [0, 0.1) is 31.1 Å². The van der Waals surface area contributed by atoms with Gasteiger partial charge in [-0.2, -0.15) is 15.5 Å². The van der Waals surface area contributed by atoms with E-state index < -0.39 is 0 Å². The summed E-state index contributed by atoms with van der Waals surface area (Å²) in [4.78, 5) is 19.4. The van der Waals surface area contributed by atoms with Crippen LogP contribution in [0.15, 0.2) is 18.2 Å². The number of aromatic nitrogens is 4. The van der Waals surface area contributed by atoms with Gasteiger partial charge in [-0.15, -0.1) is 0 Å². The fourth-order valence-electron chi connectivity index (χ4n) is 7.71. The molecule has 240 valence electrons. The topological polar surface area (TPSA) is 106 Å². The smallest absolute Gasteiger partial charge is 0.246 e. The first-order chi connectivity index (χ1) is 21.6. The standard InChI is InChI=1S/C34H45ClN8O2/c1-6-7-28(44)41-11-9-25(10-12-41)43-27(20-36)30(31-29-23(3)37-38-26(29)18-22(2)32(31)35)33(39-43)42-13-8-24(19-34(42,4)5)21-40-14-16-45-17-15-40/h6-7,18,24-25H,8-17,19,21H2,1-5H3,(H,37,38)/b7-6+/t24-/m1/s1. The highest BCUT2D eigenvalue weighted by molar-refractivity contribution is 6.36. The minimum absolute atomic E-state index is 0.00620. The van der Waals surface area contributed by atoms with E-state index in [0.29, 0.717) is 29.7 Å². The molecular formula is C34H45ClN8O2. The number of morpholine rings is 1. The first-order valence-corrected chi connectivity index (χ1v) is 16.7. The fourth-order valence-corrected chi connectivity index (χ4v) is 7.96. The molecule has 0 bridgehead atoms. The number of ether oxygens (including phenoxy) is 1. The number of halogens is 1. The van der Waals surface area contributed by atoms with Gasteiger partial charge in [0.25, 0.3) is 0 Å². The van der Waals surface area contributed by atoms with E-state index in [4.69, 9.17) is 21.4 Å². The van der Waals surface area contributed by atoms with Gasteiger partial charge in [-0.25, -0.2) is 4.68 Å². The summed E-state index contributed by atoms with van der Waals surface area (Å²) in [5, 5.41) is 25.4. The average molecular weight is 633 g/mol. The van der Waals surface area contributed by atoms with Crippen molar-refractivity contribution in [2.24, 2.45) is 5.92 Å². The molecule has 3 aliphatic rings. The zero-order valence-electron chi connectivity index (χ0n) is 27.2. The number of likely N-dealkylation sites (tertiary alicyclic amines) is 1. The molecule has 3 fully saturated rings. The molecule has 6 rings (SSSR count). The number of nitrogens with zero attached hydrogens (tertiary/aromatic N) is 7. The molecule has 0 aliphatic carbocycles. The minimum Gasteiger partial charge on any atom is -0.379 e. The van der Waals surface area contributed by atoms with Crippen LogP contribution < -0.4 is 4.90 Å². The van der Waals surface area contributed by atoms with Crippen molar-refractivity contribution in [2.75, 3.05) is 57.4 Å². The Bertz CT molecular complexity index is 1640. The monoisotopic (exact) mass is 632 g/mol. The number of anilines is 1. The van der Waals surface area contributed by atoms with E-state index in [-0.39, 0.29) is 17.5 Å². The third-order valence-electron chi connectivity index (χ3n) is 9.99. The van der Waals surface area contributed by atoms with Crippen LogP contribution in [0.25, 0.3) is 22.0 Å². The molecule has 10 nitrogen and oxygen atoms in total. The van der Waals surface area contributed by atoms with Crippen LogP contribution in [-0.4, -0.2) is 93.7 Å². The molecule has 0 spiro atoms. The summed E-state index contributed by atoms with van der Waals surface area (Å²) in [5.74, 6) is 1.41. The number of aromatic amines is 1. The van der Waals surface area contributed by atoms with Crippen molar-refractivity contribution < 1.29 is 9.53 Å². The second-order valence-electron chi connectivity index (χ2n) is 13.5. The number of nitrogens with one attached hydrogen (secondary N) is 1. The Hall–Kier alpha value is -3.39. The highest BCUT2D eigenvalue weighted by Gasteiger charge is 2.41. The average Bonchev–Trinajstić information content (AvgIpc) is 3.58. The Kier molecular flexibility index (Phi) is 8.97. The molecule has 2 aromatic heterocycles. The largest absolute Gasteiger partial charge is 0.379 e. The number of hydrogen-bond donors (Lipinski definition) is 1. The molecule has 1 N–H and O–H groups in total. The number of benzene rings is 1. The molecular weight excluding hydrogens is 588 g/mol. The highest BCUT2D eigenvalue weighted by Crippen LogP contribution is 2.48. The zero-order valence-corrected chi connectivity index (χ0v) is 28.0. The summed E-state index contributed by atoms with van der Waals surface area (Å²) in [5.41, 5.74) is 4.58. The van der Waals surface area contributed by atoms with Gasteiger partial charge in [0.15, 0.2) is 5.82 Å². The van der Waals surface area contributed by atoms with Gasteiger partial charge < -0.3 is 14.5 Å². The number of carbonyl (C=O) groups excluding carboxylic acids is 1. The molecule has 1 amide bonds. The Balaban J connectivity index is 1.43. The maximum Gasteiger partial charge on any atom is 0.246 e. The van der Waals surface area contributed by atoms with Crippen LogP contribution in [0.2, 0.25) is 5.02 Å². The van der Waals surface area contributed by atoms with E-state index >= 15 is 0 Å². The number of amides is 1. The lowest BCUT2D eigenvalue weighted by Crippen LogP contribution is -2.53. The lowest BCUT2D eigenvalue weighted by atomic mass is 9.81. The Morgan fingerprint density at radius 2 is 1.89 bits per heavy atom. The first-order valence-electron chi connectivity index (χ1n) is 16.3. The van der Waals surface area contributed by atoms with E-state index in [0.717, 1.165) is 104 Å². The Labute approximate surface area is 270 Å². The molecule has 45 heavy (non-hydrogen) atoms. The minimum atomic E-state index is -0.195. The number of fused-ring (bicyclic) bond motifs is 1. The number of H-pyrrole nitrogens is 1. The van der Waals surface area contributed by atoms with Gasteiger partial charge in [-0.05, 0) is 83.9 Å². The molecule has 0 unspecified atom stereocenters. The SMILES string of the molecule is C/C=C/C(=O)N1CCC(n2nc(N3CC[C@@H](CN4CCOCC4)CC3(C)C)c(-c3c(Cl)c(C)cc4[nH]nc(C)c34)c2C#N)CC1. The van der Waals surface area contributed by atoms with E-state index in [1.807, 2.05) is 36.4 Å². The lowest BCUT2D eigenvalue weighted by molar-refractivity contribution is -0.127. The van der Waals surface area contributed by atoms with Crippen molar-refractivity contribution in [3.8, 4) is 17.2 Å². The molecule has 11 heteroatoms. The van der Waals surface area contributed by atoms with Crippen molar-refractivity contribution in [3.63, 3.8) is 0 Å². The van der Waals surface area contributed by atoms with Crippen molar-refractivity contribution >= 4 is 34.2 Å². The second kappa shape index (κ2) is 12.8. The molecule has 3 saturated heterocycles. The van der Waals surface area contributed by atoms with Gasteiger partial charge in [0.05, 0.1) is 41.1 Å². The fraction of sp³-hybridized carbons (Fsp3) is 0.588. The van der Waals surface area contributed by atoms with E-state index in [1.165, 1.54) is 0 Å². The summed E-state index contributed by atoms with van der Waals surface area (Å²) >= 11 is 7.18. The van der Waals surface area contributed by atoms with Crippen molar-refractivity contribution in [2.45, 2.75) is 71.9 Å². The summed E-state index contributed by atoms with van der Waals surface area (Å²) in [6, 6.07) is 4.58. The number of piperidine rings is 2. The van der Waals surface area contributed by atoms with Gasteiger partial charge >= 0.3 is 0 Å². The summed E-state index contributed by atoms with van der Waals surface area (Å²) < 4.78 is 7.53. The van der Waals surface area contributed by atoms with Gasteiger partial charge in [-0.3, -0.25) is 14.8 Å². The van der Waals surface area contributed by atoms with Crippen LogP contribution in [0.4, 0.5) is 5.82 Å². The third kappa shape index (κ3) is 5.98. The van der Waals surface area contributed by atoms with Crippen molar-refractivity contribution in [1.29, 1.82) is 5.26 Å². The quantitative estimate of drug-likeness (QED) is 0.351. The van der Waals surface area contributed by atoms with Crippen LogP contribution in [0.1, 0.15) is 69.4 Å². The van der Waals surface area contributed by atoms with Crippen LogP contribution in [0.5, 0.6) is 0 Å². The van der Waals surface area contributed by atoms with Gasteiger partial charge in [0.2, 0.25) is 5.91 Å². The molecule has 3 aromatic rings. The molecule has 3 aliphatic heterocycles. The summed E-state index contributed by atoms with van der Waals surface area (Å²) in [6.07, 6.45) is 6.92. The van der Waals surface area contributed by atoms with Crippen molar-refractivity contribution in [3.05, 3.63) is 40.2 Å². The second-order valence-corrected chi connectivity index (χ2v) is 13.9. The molecule has 1 atom stereocenters. The maximum absolute atomic E-state index is 12.6. The van der Waals surface area contributed by atoms with Gasteiger partial charge in [0.1, 0.15) is 11.8 Å². The van der Waals surface area contributed by atoms with Gasteiger partial charge in [-0.1, -0.05) is 17.7 Å². The maximum atomic E-state index is 12.6. The molecule has 0 saturated carbocycles. The first kappa shape index (κ1) is 31.6. The predicted molar refractivity (Wildman–Crippen MR) is 178 cm³/mol. The van der Waals surface area contributed by atoms with Gasteiger partial charge in [0, 0.05) is 55.8 Å². The number of aryl methyl sites for hydroxylation is 2. The van der Waals surface area contributed by atoms with Crippen LogP contribution in [0.3, 0.4) is 0 Å². The molecule has 5 heterocycles. The summed E-state index contributed by atoms with van der Waals surface area (Å²) in [7, 11) is 0. The summed E-state index contributed by atoms with van der Waals surface area (Å²) in [6.45, 7) is 17.2. The third-order valence-corrected chi connectivity index (χ3v) is 10.5. The van der Waals surface area contributed by atoms with E-state index in [2.05, 4.69) is 39.9 Å². The number of rotatable bonds is 6. The lowest BCUT2D eigenvalue weighted by Gasteiger charge is -2.47. The van der Waals surface area contributed by atoms with Crippen LogP contribution in [-0.2, 0) is 9.53 Å². The zero-order chi connectivity index (χ0) is 31.9. The number of hydrogen-bond acceptors (Lipinski definition) is 7. The Morgan fingerprint density at radius 1 is 1.16 bits per heavy atom. The predicted octanol–water partition coefficient (Wildman–Crippen LogP) is 5.64. The van der Waals surface area contributed by atoms with Crippen molar-refractivity contribution in [1.82, 2.24) is 29.8 Å². The van der Waals surface area contributed by atoms with E-state index in [1.54, 1.807) is 12.2 Å². The number of carbonyl (C=O) groups is 1. The normalized spacial score (nSPS) is 21.6. The molecule has 0 radical (unpaired) electrons. The van der Waals surface area contributed by atoms with E-state index in [9.17, 15) is 10.1 Å². The van der Waals surface area contributed by atoms with Crippen LogP contribution >= 0.6 is 11.6 Å². The molecule has 1 aromatic carbocycles.